The Hall–Kier alpha value is -0.460. The Kier molecular flexibility index (Phi) is 5.37. The summed E-state index contributed by atoms with van der Waals surface area (Å²) in [5, 5.41) is 0. The molecule has 0 spiro atoms. The van der Waals surface area contributed by atoms with E-state index in [1.54, 1.807) is 0 Å². The van der Waals surface area contributed by atoms with E-state index in [9.17, 15) is 8.42 Å². The lowest BCUT2D eigenvalue weighted by atomic mass is 10.3. The van der Waals surface area contributed by atoms with Crippen molar-refractivity contribution in [2.45, 2.75) is 12.8 Å². The molecule has 0 aliphatic carbocycles. The molecule has 1 heterocycles. The molecule has 0 atom stereocenters. The number of rotatable bonds is 7. The van der Waals surface area contributed by atoms with E-state index in [0.717, 1.165) is 5.69 Å². The average molecular weight is 262 g/mol. The van der Waals surface area contributed by atoms with Gasteiger partial charge in [-0.2, -0.15) is 12.6 Å². The van der Waals surface area contributed by atoms with E-state index < -0.39 is 10.0 Å². The second-order valence-electron chi connectivity index (χ2n) is 3.65. The maximum absolute atomic E-state index is 11.5. The molecule has 4 nitrogen and oxygen atoms in total. The normalized spacial score (nSPS) is 11.9. The fourth-order valence-electron chi connectivity index (χ4n) is 1.42. The lowest BCUT2D eigenvalue weighted by Gasteiger charge is -2.06. The monoisotopic (exact) mass is 262 g/mol. The van der Waals surface area contributed by atoms with Crippen molar-refractivity contribution in [2.24, 2.45) is 7.05 Å². The van der Waals surface area contributed by atoms with Crippen molar-refractivity contribution in [3.05, 3.63) is 24.0 Å². The van der Waals surface area contributed by atoms with Crippen LogP contribution in [0, 0.1) is 0 Å². The number of sulfonamides is 1. The molecule has 0 aliphatic rings. The van der Waals surface area contributed by atoms with E-state index in [0.29, 0.717) is 25.1 Å². The topological polar surface area (TPSA) is 51.1 Å². The van der Waals surface area contributed by atoms with Gasteiger partial charge in [0.15, 0.2) is 0 Å². The van der Waals surface area contributed by atoms with Gasteiger partial charge in [0.25, 0.3) is 0 Å². The summed E-state index contributed by atoms with van der Waals surface area (Å²) in [7, 11) is -1.17. The number of hydrogen-bond donors (Lipinski definition) is 2. The van der Waals surface area contributed by atoms with Gasteiger partial charge in [-0.1, -0.05) is 0 Å². The third kappa shape index (κ3) is 4.59. The molecule has 6 heteroatoms. The third-order valence-corrected chi connectivity index (χ3v) is 4.11. The molecule has 0 unspecified atom stereocenters. The van der Waals surface area contributed by atoms with E-state index in [1.165, 1.54) is 0 Å². The average Bonchev–Trinajstić information content (AvgIpc) is 2.62. The summed E-state index contributed by atoms with van der Waals surface area (Å²) >= 11 is 3.99. The molecule has 16 heavy (non-hydrogen) atoms. The van der Waals surface area contributed by atoms with E-state index in [2.05, 4.69) is 17.4 Å². The number of thiol groups is 1. The van der Waals surface area contributed by atoms with Gasteiger partial charge in [-0.15, -0.1) is 0 Å². The van der Waals surface area contributed by atoms with Crippen molar-refractivity contribution in [1.82, 2.24) is 9.29 Å². The standard InChI is InChI=1S/C10H18N2O2S2/c1-12-7-2-4-10(12)5-6-11-16(13,14)9-3-8-15/h2,4,7,11,15H,3,5-6,8-9H2,1H3. The zero-order valence-corrected chi connectivity index (χ0v) is 11.1. The van der Waals surface area contributed by atoms with Gasteiger partial charge in [0.2, 0.25) is 10.0 Å². The maximum atomic E-state index is 11.5. The van der Waals surface area contributed by atoms with Crippen molar-refractivity contribution in [3.8, 4) is 0 Å². The maximum Gasteiger partial charge on any atom is 0.211 e. The molecule has 0 bridgehead atoms. The Bertz CT molecular complexity index is 412. The Labute approximate surface area is 103 Å². The van der Waals surface area contributed by atoms with Crippen LogP contribution in [0.5, 0.6) is 0 Å². The first-order chi connectivity index (χ1) is 7.55. The Morgan fingerprint density at radius 3 is 2.81 bits per heavy atom. The molecule has 0 radical (unpaired) electrons. The van der Waals surface area contributed by atoms with Gasteiger partial charge < -0.3 is 4.57 Å². The molecule has 1 aromatic rings. The summed E-state index contributed by atoms with van der Waals surface area (Å²) in [5.74, 6) is 0.752. The SMILES string of the molecule is Cn1cccc1CCNS(=O)(=O)CCCS. The van der Waals surface area contributed by atoms with Crippen molar-refractivity contribution < 1.29 is 8.42 Å². The number of nitrogens with zero attached hydrogens (tertiary/aromatic N) is 1. The van der Waals surface area contributed by atoms with E-state index in [1.807, 2.05) is 29.9 Å². The zero-order chi connectivity index (χ0) is 12.0. The smallest absolute Gasteiger partial charge is 0.211 e. The largest absolute Gasteiger partial charge is 0.354 e. The van der Waals surface area contributed by atoms with Crippen LogP contribution >= 0.6 is 12.6 Å². The highest BCUT2D eigenvalue weighted by atomic mass is 32.2. The van der Waals surface area contributed by atoms with Crippen molar-refractivity contribution >= 4 is 22.7 Å². The molecule has 1 rings (SSSR count). The third-order valence-electron chi connectivity index (χ3n) is 2.33. The summed E-state index contributed by atoms with van der Waals surface area (Å²) in [4.78, 5) is 0. The lowest BCUT2D eigenvalue weighted by Crippen LogP contribution is -2.28. The van der Waals surface area contributed by atoms with Gasteiger partial charge in [-0.3, -0.25) is 0 Å². The molecule has 92 valence electrons. The predicted molar refractivity (Wildman–Crippen MR) is 69.4 cm³/mol. The highest BCUT2D eigenvalue weighted by Gasteiger charge is 2.08. The van der Waals surface area contributed by atoms with E-state index in [-0.39, 0.29) is 5.75 Å². The predicted octanol–water partition coefficient (Wildman–Crippen LogP) is 0.807. The van der Waals surface area contributed by atoms with Crippen LogP contribution in [0.4, 0.5) is 0 Å². The number of aryl methyl sites for hydroxylation is 1. The fraction of sp³-hybridized carbons (Fsp3) is 0.600. The highest BCUT2D eigenvalue weighted by Crippen LogP contribution is 2.00. The second kappa shape index (κ2) is 6.32. The summed E-state index contributed by atoms with van der Waals surface area (Å²) in [5.41, 5.74) is 1.12. The molecular weight excluding hydrogens is 244 g/mol. The molecule has 0 aliphatic heterocycles. The lowest BCUT2D eigenvalue weighted by molar-refractivity contribution is 0.579. The zero-order valence-electron chi connectivity index (χ0n) is 9.39. The molecule has 1 N–H and O–H groups in total. The quantitative estimate of drug-likeness (QED) is 0.714. The van der Waals surface area contributed by atoms with Gasteiger partial charge >= 0.3 is 0 Å². The van der Waals surface area contributed by atoms with Crippen LogP contribution in [0.25, 0.3) is 0 Å². The summed E-state index contributed by atoms with van der Waals surface area (Å²) in [6.07, 6.45) is 3.25. The van der Waals surface area contributed by atoms with Crippen LogP contribution in [0.15, 0.2) is 18.3 Å². The van der Waals surface area contributed by atoms with Gasteiger partial charge in [0.1, 0.15) is 0 Å². The minimum absolute atomic E-state index is 0.156. The van der Waals surface area contributed by atoms with Crippen LogP contribution in [-0.2, 0) is 23.5 Å². The van der Waals surface area contributed by atoms with E-state index >= 15 is 0 Å². The summed E-state index contributed by atoms with van der Waals surface area (Å²) in [6, 6.07) is 3.94. The van der Waals surface area contributed by atoms with Crippen LogP contribution < -0.4 is 4.72 Å². The van der Waals surface area contributed by atoms with Crippen LogP contribution in [-0.4, -0.2) is 31.0 Å². The van der Waals surface area contributed by atoms with Gasteiger partial charge in [-0.25, -0.2) is 13.1 Å². The molecular formula is C10H18N2O2S2. The van der Waals surface area contributed by atoms with Crippen molar-refractivity contribution in [3.63, 3.8) is 0 Å². The van der Waals surface area contributed by atoms with Gasteiger partial charge in [-0.05, 0) is 24.3 Å². The molecule has 1 aromatic heterocycles. The molecule has 0 aromatic carbocycles. The number of aromatic nitrogens is 1. The first-order valence-corrected chi connectivity index (χ1v) is 7.52. The Morgan fingerprint density at radius 2 is 2.25 bits per heavy atom. The van der Waals surface area contributed by atoms with E-state index in [4.69, 9.17) is 0 Å². The van der Waals surface area contributed by atoms with Crippen LogP contribution in [0.1, 0.15) is 12.1 Å². The molecule has 0 saturated heterocycles. The second-order valence-corrected chi connectivity index (χ2v) is 6.02. The minimum Gasteiger partial charge on any atom is -0.354 e. The number of hydrogen-bond acceptors (Lipinski definition) is 3. The first kappa shape index (κ1) is 13.6. The molecule has 0 saturated carbocycles. The molecule has 0 fully saturated rings. The Balaban J connectivity index is 2.33. The Morgan fingerprint density at radius 1 is 1.50 bits per heavy atom. The first-order valence-electron chi connectivity index (χ1n) is 5.23. The van der Waals surface area contributed by atoms with Crippen LogP contribution in [0.3, 0.4) is 0 Å². The van der Waals surface area contributed by atoms with Crippen molar-refractivity contribution in [1.29, 1.82) is 0 Å². The van der Waals surface area contributed by atoms with Crippen molar-refractivity contribution in [2.75, 3.05) is 18.1 Å². The fourth-order valence-corrected chi connectivity index (χ4v) is 2.87. The molecule has 0 amide bonds. The van der Waals surface area contributed by atoms with Crippen LogP contribution in [0.2, 0.25) is 0 Å². The highest BCUT2D eigenvalue weighted by molar-refractivity contribution is 7.89. The van der Waals surface area contributed by atoms with Gasteiger partial charge in [0, 0.05) is 31.9 Å². The number of nitrogens with one attached hydrogen (secondary N) is 1. The summed E-state index contributed by atoms with van der Waals surface area (Å²) in [6.45, 7) is 0.451. The van der Waals surface area contributed by atoms with Gasteiger partial charge in [0.05, 0.1) is 5.75 Å². The minimum atomic E-state index is -3.12. The summed E-state index contributed by atoms with van der Waals surface area (Å²) < 4.78 is 27.5.